The van der Waals surface area contributed by atoms with Crippen LogP contribution in [0.25, 0.3) is 0 Å². The molecule has 0 radical (unpaired) electrons. The highest BCUT2D eigenvalue weighted by molar-refractivity contribution is 5.77. The van der Waals surface area contributed by atoms with Crippen molar-refractivity contribution < 1.29 is 19.0 Å². The average molecular weight is 399 g/mol. The zero-order chi connectivity index (χ0) is 20.3. The molecule has 0 bridgehead atoms. The Hall–Kier alpha value is -2.48. The Morgan fingerprint density at radius 2 is 2.03 bits per heavy atom. The van der Waals surface area contributed by atoms with Gasteiger partial charge in [0.2, 0.25) is 5.91 Å². The number of rotatable bonds is 10. The summed E-state index contributed by atoms with van der Waals surface area (Å²) in [4.78, 5) is 20.9. The number of carbonyl (C=O) groups is 1. The Balaban J connectivity index is 1.58. The lowest BCUT2D eigenvalue weighted by Crippen LogP contribution is -2.38. The van der Waals surface area contributed by atoms with Gasteiger partial charge in [0.05, 0.1) is 25.5 Å². The van der Waals surface area contributed by atoms with Crippen LogP contribution in [0, 0.1) is 0 Å². The van der Waals surface area contributed by atoms with Crippen LogP contribution in [0.2, 0.25) is 0 Å². The first-order valence-corrected chi connectivity index (χ1v) is 9.93. The van der Waals surface area contributed by atoms with Crippen LogP contribution in [-0.2, 0) is 27.4 Å². The van der Waals surface area contributed by atoms with Gasteiger partial charge in [-0.15, -0.1) is 0 Å². The van der Waals surface area contributed by atoms with Crippen molar-refractivity contribution in [3.63, 3.8) is 0 Å². The minimum absolute atomic E-state index is 0.0442. The van der Waals surface area contributed by atoms with Gasteiger partial charge in [-0.25, -0.2) is 0 Å². The monoisotopic (exact) mass is 399 g/mol. The molecule has 0 aliphatic carbocycles. The van der Waals surface area contributed by atoms with Gasteiger partial charge in [0.25, 0.3) is 0 Å². The summed E-state index contributed by atoms with van der Waals surface area (Å²) in [7, 11) is 1.53. The Kier molecular flexibility index (Phi) is 8.42. The summed E-state index contributed by atoms with van der Waals surface area (Å²) in [5.41, 5.74) is 1.85. The Labute approximate surface area is 172 Å². The average Bonchev–Trinajstić information content (AvgIpc) is 2.75. The summed E-state index contributed by atoms with van der Waals surface area (Å²) in [6, 6.07) is 13.6. The molecule has 7 heteroatoms. The lowest BCUT2D eigenvalue weighted by Gasteiger charge is -2.26. The van der Waals surface area contributed by atoms with E-state index in [-0.39, 0.29) is 12.5 Å². The van der Waals surface area contributed by atoms with Crippen LogP contribution in [0.15, 0.2) is 48.7 Å². The number of pyridine rings is 1. The standard InChI is InChI=1S/C22H29N3O4/c1-27-18-22(26)25(17-20-6-2-3-8-23-20)16-19-5-4-7-21(15-19)29-14-11-24-9-12-28-13-10-24/h2-8,15H,9-14,16-18H2,1H3. The van der Waals surface area contributed by atoms with E-state index in [4.69, 9.17) is 14.2 Å². The lowest BCUT2D eigenvalue weighted by atomic mass is 10.2. The van der Waals surface area contributed by atoms with E-state index in [0.717, 1.165) is 49.9 Å². The third-order valence-corrected chi connectivity index (χ3v) is 4.75. The van der Waals surface area contributed by atoms with E-state index in [2.05, 4.69) is 9.88 Å². The van der Waals surface area contributed by atoms with Gasteiger partial charge in [0, 0.05) is 39.5 Å². The normalized spacial score (nSPS) is 14.5. The van der Waals surface area contributed by atoms with Crippen LogP contribution in [-0.4, -0.2) is 73.9 Å². The second-order valence-electron chi connectivity index (χ2n) is 6.95. The van der Waals surface area contributed by atoms with Gasteiger partial charge in [-0.1, -0.05) is 18.2 Å². The van der Waals surface area contributed by atoms with E-state index < -0.39 is 0 Å². The van der Waals surface area contributed by atoms with Gasteiger partial charge < -0.3 is 19.1 Å². The zero-order valence-corrected chi connectivity index (χ0v) is 17.0. The number of benzene rings is 1. The van der Waals surface area contributed by atoms with Crippen molar-refractivity contribution in [1.29, 1.82) is 0 Å². The number of ether oxygens (including phenoxy) is 3. The van der Waals surface area contributed by atoms with Gasteiger partial charge in [0.1, 0.15) is 19.0 Å². The van der Waals surface area contributed by atoms with Crippen LogP contribution in [0.5, 0.6) is 5.75 Å². The Bertz CT molecular complexity index is 751. The molecule has 0 N–H and O–H groups in total. The highest BCUT2D eigenvalue weighted by Gasteiger charge is 2.15. The minimum atomic E-state index is -0.0724. The maximum absolute atomic E-state index is 12.5. The molecule has 1 amide bonds. The molecule has 2 heterocycles. The van der Waals surface area contributed by atoms with E-state index in [1.807, 2.05) is 42.5 Å². The second kappa shape index (κ2) is 11.5. The fourth-order valence-corrected chi connectivity index (χ4v) is 3.21. The van der Waals surface area contributed by atoms with Crippen molar-refractivity contribution in [3.05, 3.63) is 59.9 Å². The molecule has 2 aromatic rings. The molecule has 1 aliphatic heterocycles. The molecule has 0 unspecified atom stereocenters. The SMILES string of the molecule is COCC(=O)N(Cc1cccc(OCCN2CCOCC2)c1)Cc1ccccn1. The van der Waals surface area contributed by atoms with Crippen molar-refractivity contribution in [2.75, 3.05) is 53.2 Å². The van der Waals surface area contributed by atoms with Gasteiger partial charge in [-0.3, -0.25) is 14.7 Å². The largest absolute Gasteiger partial charge is 0.492 e. The predicted molar refractivity (Wildman–Crippen MR) is 110 cm³/mol. The fourth-order valence-electron chi connectivity index (χ4n) is 3.21. The lowest BCUT2D eigenvalue weighted by molar-refractivity contribution is -0.136. The number of carbonyl (C=O) groups excluding carboxylic acids is 1. The Morgan fingerprint density at radius 3 is 2.79 bits per heavy atom. The second-order valence-corrected chi connectivity index (χ2v) is 6.95. The highest BCUT2D eigenvalue weighted by Crippen LogP contribution is 2.16. The van der Waals surface area contributed by atoms with Crippen molar-refractivity contribution in [1.82, 2.24) is 14.8 Å². The molecular weight excluding hydrogens is 370 g/mol. The predicted octanol–water partition coefficient (Wildman–Crippen LogP) is 1.97. The van der Waals surface area contributed by atoms with E-state index >= 15 is 0 Å². The molecular formula is C22H29N3O4. The number of methoxy groups -OCH3 is 1. The van der Waals surface area contributed by atoms with E-state index in [0.29, 0.717) is 19.7 Å². The van der Waals surface area contributed by atoms with Crippen molar-refractivity contribution in [2.24, 2.45) is 0 Å². The van der Waals surface area contributed by atoms with Crippen molar-refractivity contribution in [3.8, 4) is 5.75 Å². The highest BCUT2D eigenvalue weighted by atomic mass is 16.5. The molecule has 3 rings (SSSR count). The first-order chi connectivity index (χ1) is 14.2. The summed E-state index contributed by atoms with van der Waals surface area (Å²) in [6.45, 7) is 5.94. The summed E-state index contributed by atoms with van der Waals surface area (Å²) in [5.74, 6) is 0.740. The van der Waals surface area contributed by atoms with E-state index in [1.165, 1.54) is 7.11 Å². The minimum Gasteiger partial charge on any atom is -0.492 e. The number of morpholine rings is 1. The molecule has 0 saturated carbocycles. The number of nitrogens with zero attached hydrogens (tertiary/aromatic N) is 3. The Morgan fingerprint density at radius 1 is 1.17 bits per heavy atom. The molecule has 1 aromatic carbocycles. The molecule has 1 aromatic heterocycles. The maximum Gasteiger partial charge on any atom is 0.249 e. The number of amides is 1. The number of hydrogen-bond acceptors (Lipinski definition) is 6. The van der Waals surface area contributed by atoms with Crippen LogP contribution in [0.3, 0.4) is 0 Å². The molecule has 1 saturated heterocycles. The van der Waals surface area contributed by atoms with Crippen LogP contribution in [0.4, 0.5) is 0 Å². The topological polar surface area (TPSA) is 64.1 Å². The third-order valence-electron chi connectivity index (χ3n) is 4.75. The molecule has 0 spiro atoms. The van der Waals surface area contributed by atoms with Crippen LogP contribution in [0.1, 0.15) is 11.3 Å². The van der Waals surface area contributed by atoms with Crippen LogP contribution < -0.4 is 4.74 Å². The smallest absolute Gasteiger partial charge is 0.249 e. The summed E-state index contributed by atoms with van der Waals surface area (Å²) >= 11 is 0. The fraction of sp³-hybridized carbons (Fsp3) is 0.455. The molecule has 0 atom stereocenters. The van der Waals surface area contributed by atoms with E-state index in [1.54, 1.807) is 11.1 Å². The zero-order valence-electron chi connectivity index (χ0n) is 17.0. The number of hydrogen-bond donors (Lipinski definition) is 0. The van der Waals surface area contributed by atoms with Crippen molar-refractivity contribution in [2.45, 2.75) is 13.1 Å². The van der Waals surface area contributed by atoms with E-state index in [9.17, 15) is 4.79 Å². The maximum atomic E-state index is 12.5. The third kappa shape index (κ3) is 7.12. The van der Waals surface area contributed by atoms with Gasteiger partial charge in [-0.2, -0.15) is 0 Å². The summed E-state index contributed by atoms with van der Waals surface area (Å²) in [5, 5.41) is 0. The molecule has 29 heavy (non-hydrogen) atoms. The van der Waals surface area contributed by atoms with Crippen molar-refractivity contribution >= 4 is 5.91 Å². The molecule has 1 fully saturated rings. The first-order valence-electron chi connectivity index (χ1n) is 9.93. The summed E-state index contributed by atoms with van der Waals surface area (Å²) < 4.78 is 16.3. The number of aromatic nitrogens is 1. The first kappa shape index (κ1) is 21.2. The van der Waals surface area contributed by atoms with Gasteiger partial charge in [-0.05, 0) is 29.8 Å². The van der Waals surface area contributed by atoms with Gasteiger partial charge in [0.15, 0.2) is 0 Å². The summed E-state index contributed by atoms with van der Waals surface area (Å²) in [6.07, 6.45) is 1.73. The van der Waals surface area contributed by atoms with Gasteiger partial charge >= 0.3 is 0 Å². The molecule has 1 aliphatic rings. The molecule has 156 valence electrons. The molecule has 7 nitrogen and oxygen atoms in total. The van der Waals surface area contributed by atoms with Crippen LogP contribution >= 0.6 is 0 Å². The quantitative estimate of drug-likeness (QED) is 0.609.